The maximum atomic E-state index is 12.1. The molecule has 0 bridgehead atoms. The van der Waals surface area contributed by atoms with Gasteiger partial charge < -0.3 is 41.5 Å². The number of aryl methyl sites for hydroxylation is 1. The molecule has 0 saturated heterocycles. The Hall–Kier alpha value is -2.95. The van der Waals surface area contributed by atoms with E-state index in [1.165, 1.54) is 19.9 Å². The number of anilines is 1. The van der Waals surface area contributed by atoms with E-state index < -0.39 is 25.3 Å². The first-order chi connectivity index (χ1) is 16.2. The highest BCUT2D eigenvalue weighted by Crippen LogP contribution is 2.27. The standard InChI is InChI=1S/C15H22N4OS.C2HF3O2.CHF3.CH2O2/c1-11-8-12-9-13(2-3-14(12)21-11)18-15(20)10-19(6-4-16)7-5-17;3-2(4,5)1(6)7;2-1(3)4;2-1-3/h2-3,8-9H,4-7,10,16-17H2,1H3,(H,18,20);(H,6,7);1H;1H,(H,2,3)/p+1. The molecule has 1 amide bonds. The van der Waals surface area contributed by atoms with Gasteiger partial charge in [0.25, 0.3) is 5.91 Å². The number of rotatable bonds is 7. The summed E-state index contributed by atoms with van der Waals surface area (Å²) in [6.07, 6.45) is -5.19. The molecule has 0 aliphatic rings. The van der Waals surface area contributed by atoms with Crippen molar-refractivity contribution < 1.29 is 67.3 Å². The van der Waals surface area contributed by atoms with Crippen molar-refractivity contribution in [3.05, 3.63) is 29.1 Å². The summed E-state index contributed by atoms with van der Waals surface area (Å²) in [4.78, 5) is 31.7. The molecule has 2 rings (SSSR count). The summed E-state index contributed by atoms with van der Waals surface area (Å²) in [5.41, 5.74) is 8.60. The van der Waals surface area contributed by atoms with Crippen molar-refractivity contribution in [2.45, 2.75) is 19.8 Å². The van der Waals surface area contributed by atoms with E-state index >= 15 is 0 Å². The molecule has 0 radical (unpaired) electrons. The van der Waals surface area contributed by atoms with Gasteiger partial charge in [0, 0.05) is 21.7 Å². The second-order valence-electron chi connectivity index (χ2n) is 6.42. The van der Waals surface area contributed by atoms with E-state index in [0.29, 0.717) is 6.54 Å². The van der Waals surface area contributed by atoms with Gasteiger partial charge in [0.05, 0.1) is 0 Å². The topological polar surface area (TPSA) is 169 Å². The number of hydrogen-bond donors (Lipinski definition) is 4. The summed E-state index contributed by atoms with van der Waals surface area (Å²) in [6.45, 7) is 1.90. The van der Waals surface area contributed by atoms with E-state index in [2.05, 4.69) is 35.8 Å². The molecular formula is C19H27F6N4O5S+. The average Bonchev–Trinajstić information content (AvgIpc) is 3.07. The zero-order chi connectivity index (χ0) is 27.6. The van der Waals surface area contributed by atoms with Crippen LogP contribution in [0.3, 0.4) is 0 Å². The van der Waals surface area contributed by atoms with Crippen molar-refractivity contribution in [3.8, 4) is 0 Å². The average molecular weight is 538 g/mol. The maximum Gasteiger partial charge on any atom is 0.430 e. The summed E-state index contributed by atoms with van der Waals surface area (Å²) in [5, 5.41) is 21.2. The van der Waals surface area contributed by atoms with Gasteiger partial charge in [0.2, 0.25) is 0 Å². The Morgan fingerprint density at radius 3 is 2.00 bits per heavy atom. The van der Waals surface area contributed by atoms with Crippen LogP contribution in [0, 0.1) is 6.92 Å². The van der Waals surface area contributed by atoms with Gasteiger partial charge in [-0.15, -0.1) is 11.3 Å². The molecule has 35 heavy (non-hydrogen) atoms. The Morgan fingerprint density at radius 1 is 1.14 bits per heavy atom. The minimum Gasteiger partial charge on any atom is -0.554 e. The van der Waals surface area contributed by atoms with Crippen LogP contribution in [0.1, 0.15) is 4.88 Å². The lowest BCUT2D eigenvalue weighted by atomic mass is 10.2. The molecule has 200 valence electrons. The predicted molar refractivity (Wildman–Crippen MR) is 111 cm³/mol. The molecule has 0 unspecified atom stereocenters. The van der Waals surface area contributed by atoms with Gasteiger partial charge in [-0.3, -0.25) is 4.79 Å². The largest absolute Gasteiger partial charge is 0.554 e. The lowest BCUT2D eigenvalue weighted by molar-refractivity contribution is -0.902. The van der Waals surface area contributed by atoms with Gasteiger partial charge in [0.1, 0.15) is 32.1 Å². The second-order valence-corrected chi connectivity index (χ2v) is 7.71. The highest BCUT2D eigenvalue weighted by atomic mass is 32.1. The minimum absolute atomic E-state index is 0.0539. The highest BCUT2D eigenvalue weighted by Gasteiger charge is 2.28. The zero-order valence-corrected chi connectivity index (χ0v) is 19.4. The number of amides is 1. The molecule has 0 spiro atoms. The van der Waals surface area contributed by atoms with Crippen LogP contribution in [-0.2, 0) is 14.4 Å². The number of carbonyl (C=O) groups excluding carboxylic acids is 3. The van der Waals surface area contributed by atoms with Gasteiger partial charge in [-0.25, -0.2) is 0 Å². The SMILES string of the molecule is Cc1cc2cc(NC(=O)C[NH+](CC[NH3+])CC[NH3+])ccc2s1.FC(F)F.O=C([O-])C(F)(F)F.O=C[O-]. The number of carboxylic acid groups (broad SMARTS) is 2. The molecule has 16 heteroatoms. The van der Waals surface area contributed by atoms with Crippen molar-refractivity contribution >= 4 is 45.5 Å². The van der Waals surface area contributed by atoms with E-state index in [4.69, 9.17) is 19.8 Å². The number of alkyl halides is 6. The van der Waals surface area contributed by atoms with E-state index in [1.54, 1.807) is 11.3 Å². The van der Waals surface area contributed by atoms with Gasteiger partial charge in [-0.1, -0.05) is 0 Å². The molecule has 0 aliphatic carbocycles. The van der Waals surface area contributed by atoms with Crippen LogP contribution in [0.15, 0.2) is 24.3 Å². The van der Waals surface area contributed by atoms with E-state index in [9.17, 15) is 31.1 Å². The van der Waals surface area contributed by atoms with Crippen molar-refractivity contribution in [2.24, 2.45) is 0 Å². The molecule has 8 N–H and O–H groups in total. The minimum atomic E-state index is -5.19. The van der Waals surface area contributed by atoms with Gasteiger partial charge in [0.15, 0.2) is 6.54 Å². The van der Waals surface area contributed by atoms with Crippen molar-refractivity contribution in [1.82, 2.24) is 0 Å². The van der Waals surface area contributed by atoms with Gasteiger partial charge in [-0.05, 0) is 36.6 Å². The van der Waals surface area contributed by atoms with Crippen LogP contribution in [0.2, 0.25) is 0 Å². The number of carbonyl (C=O) groups is 3. The number of carboxylic acids is 1. The molecule has 1 heterocycles. The Bertz CT molecular complexity index is 889. The third-order valence-corrected chi connectivity index (χ3v) is 4.66. The van der Waals surface area contributed by atoms with Crippen LogP contribution in [0.25, 0.3) is 10.1 Å². The second kappa shape index (κ2) is 18.4. The van der Waals surface area contributed by atoms with Gasteiger partial charge in [-0.2, -0.15) is 26.3 Å². The molecular weight excluding hydrogens is 510 g/mol. The Kier molecular flexibility index (Phi) is 18.0. The zero-order valence-electron chi connectivity index (χ0n) is 18.6. The van der Waals surface area contributed by atoms with Crippen LogP contribution < -0.4 is 31.9 Å². The number of thiophene rings is 1. The third kappa shape index (κ3) is 18.1. The van der Waals surface area contributed by atoms with Gasteiger partial charge >= 0.3 is 12.9 Å². The predicted octanol–water partition coefficient (Wildman–Crippen LogP) is -2.64. The van der Waals surface area contributed by atoms with Crippen LogP contribution in [0.4, 0.5) is 32.0 Å². The fraction of sp³-hybridized carbons (Fsp3) is 0.421. The molecule has 9 nitrogen and oxygen atoms in total. The lowest BCUT2D eigenvalue weighted by Crippen LogP contribution is -3.15. The maximum absolute atomic E-state index is 12.1. The number of hydrogen-bond acceptors (Lipinski definition) is 6. The molecule has 0 saturated carbocycles. The summed E-state index contributed by atoms with van der Waals surface area (Å²) in [7, 11) is 0. The summed E-state index contributed by atoms with van der Waals surface area (Å²) >= 11 is 1.77. The van der Waals surface area contributed by atoms with Crippen LogP contribution in [0.5, 0.6) is 0 Å². The number of halogens is 6. The summed E-state index contributed by atoms with van der Waals surface area (Å²) < 4.78 is 61.8. The van der Waals surface area contributed by atoms with Crippen LogP contribution >= 0.6 is 11.3 Å². The van der Waals surface area contributed by atoms with E-state index in [0.717, 1.165) is 31.9 Å². The molecule has 0 fully saturated rings. The Balaban J connectivity index is 0. The smallest absolute Gasteiger partial charge is 0.430 e. The first-order valence-electron chi connectivity index (χ1n) is 9.69. The fourth-order valence-electron chi connectivity index (χ4n) is 2.49. The molecule has 1 aromatic heterocycles. The fourth-order valence-corrected chi connectivity index (χ4v) is 3.39. The summed E-state index contributed by atoms with van der Waals surface area (Å²) in [5.74, 6) is -2.95. The highest BCUT2D eigenvalue weighted by molar-refractivity contribution is 7.19. The van der Waals surface area contributed by atoms with Crippen molar-refractivity contribution in [2.75, 3.05) is 38.0 Å². The van der Waals surface area contributed by atoms with Crippen molar-refractivity contribution in [3.63, 3.8) is 0 Å². The van der Waals surface area contributed by atoms with E-state index in [-0.39, 0.29) is 5.91 Å². The Morgan fingerprint density at radius 2 is 1.60 bits per heavy atom. The van der Waals surface area contributed by atoms with E-state index in [1.807, 2.05) is 12.1 Å². The first-order valence-corrected chi connectivity index (χ1v) is 10.5. The Labute approximate surface area is 200 Å². The normalized spacial score (nSPS) is 10.4. The monoisotopic (exact) mass is 537 g/mol. The molecule has 0 atom stereocenters. The van der Waals surface area contributed by atoms with Crippen molar-refractivity contribution in [1.29, 1.82) is 0 Å². The quantitative estimate of drug-likeness (QED) is 0.223. The number of aliphatic carboxylic acids is 1. The number of quaternary nitrogens is 3. The third-order valence-electron chi connectivity index (χ3n) is 3.63. The molecule has 2 aromatic rings. The number of nitrogens with one attached hydrogen (secondary N) is 2. The lowest BCUT2D eigenvalue weighted by Gasteiger charge is -2.15. The summed E-state index contributed by atoms with van der Waals surface area (Å²) in [6, 6.07) is 8.23. The first kappa shape index (κ1) is 34.2. The molecule has 0 aliphatic heterocycles. The molecule has 1 aromatic carbocycles. The van der Waals surface area contributed by atoms with Crippen LogP contribution in [-0.4, -0.2) is 63.9 Å². The number of fused-ring (bicyclic) bond motifs is 1. The number of benzene rings is 1.